The summed E-state index contributed by atoms with van der Waals surface area (Å²) in [5, 5.41) is 13.0. The maximum absolute atomic E-state index is 12.5. The third kappa shape index (κ3) is 4.52. The van der Waals surface area contributed by atoms with E-state index in [1.807, 2.05) is 20.8 Å². The molecule has 2 amide bonds. The molecule has 1 unspecified atom stereocenters. The van der Waals surface area contributed by atoms with Crippen molar-refractivity contribution in [2.45, 2.75) is 49.6 Å². The number of nitrogens with zero attached hydrogens (tertiary/aromatic N) is 6. The summed E-state index contributed by atoms with van der Waals surface area (Å²) in [6.07, 6.45) is 1.32. The average Bonchev–Trinajstić information content (AvgIpc) is 3.25. The van der Waals surface area contributed by atoms with Crippen molar-refractivity contribution in [3.8, 4) is 0 Å². The number of amides is 2. The lowest BCUT2D eigenvalue weighted by molar-refractivity contribution is -0.125. The van der Waals surface area contributed by atoms with Gasteiger partial charge in [-0.15, -0.1) is 15.3 Å². The van der Waals surface area contributed by atoms with Gasteiger partial charge in [0.25, 0.3) is 0 Å². The van der Waals surface area contributed by atoms with Crippen LogP contribution in [0.3, 0.4) is 0 Å². The van der Waals surface area contributed by atoms with Gasteiger partial charge in [-0.3, -0.25) is 9.69 Å². The molecular weight excluding hydrogens is 388 g/mol. The van der Waals surface area contributed by atoms with Crippen LogP contribution in [0.25, 0.3) is 4.96 Å². The van der Waals surface area contributed by atoms with E-state index in [9.17, 15) is 9.59 Å². The van der Waals surface area contributed by atoms with Crippen LogP contribution < -0.4 is 0 Å². The van der Waals surface area contributed by atoms with Crippen molar-refractivity contribution in [1.29, 1.82) is 0 Å². The maximum Gasteiger partial charge on any atom is 0.410 e. The fourth-order valence-electron chi connectivity index (χ4n) is 2.71. The Morgan fingerprint density at radius 3 is 2.74 bits per heavy atom. The van der Waals surface area contributed by atoms with Crippen LogP contribution in [-0.2, 0) is 9.53 Å². The van der Waals surface area contributed by atoms with Crippen LogP contribution in [0.2, 0.25) is 0 Å². The Labute approximate surface area is 166 Å². The van der Waals surface area contributed by atoms with Crippen molar-refractivity contribution in [3.05, 3.63) is 5.82 Å². The molecule has 0 radical (unpaired) electrons. The summed E-state index contributed by atoms with van der Waals surface area (Å²) < 4.78 is 7.95. The molecule has 9 nitrogen and oxygen atoms in total. The van der Waals surface area contributed by atoms with E-state index in [-0.39, 0.29) is 18.0 Å². The lowest BCUT2D eigenvalue weighted by atomic mass is 10.2. The highest BCUT2D eigenvalue weighted by Gasteiger charge is 2.36. The highest BCUT2D eigenvalue weighted by molar-refractivity contribution is 8.01. The quantitative estimate of drug-likeness (QED) is 0.712. The highest BCUT2D eigenvalue weighted by Crippen LogP contribution is 2.34. The first kappa shape index (κ1) is 19.9. The molecule has 3 heterocycles. The average molecular weight is 413 g/mol. The zero-order valence-electron chi connectivity index (χ0n) is 16.1. The zero-order valence-corrected chi connectivity index (χ0v) is 17.8. The minimum absolute atomic E-state index is 0.0260. The van der Waals surface area contributed by atoms with Crippen LogP contribution in [0, 0.1) is 0 Å². The van der Waals surface area contributed by atoms with E-state index in [4.69, 9.17) is 4.74 Å². The minimum atomic E-state index is -0.548. The topological polar surface area (TPSA) is 92.9 Å². The molecule has 1 fully saturated rings. The molecule has 2 aromatic heterocycles. The number of ether oxygens (including phenoxy) is 1. The molecule has 27 heavy (non-hydrogen) atoms. The zero-order chi connectivity index (χ0) is 19.8. The van der Waals surface area contributed by atoms with Crippen molar-refractivity contribution in [1.82, 2.24) is 29.6 Å². The van der Waals surface area contributed by atoms with Crippen molar-refractivity contribution < 1.29 is 14.3 Å². The third-order valence-electron chi connectivity index (χ3n) is 3.99. The van der Waals surface area contributed by atoms with Crippen LogP contribution in [0.5, 0.6) is 0 Å². The highest BCUT2D eigenvalue weighted by atomic mass is 32.2. The number of carbonyl (C=O) groups is 2. The van der Waals surface area contributed by atoms with Gasteiger partial charge < -0.3 is 9.64 Å². The number of aromatic nitrogens is 4. The minimum Gasteiger partial charge on any atom is -0.444 e. The second-order valence-electron chi connectivity index (χ2n) is 7.53. The Bertz CT molecular complexity index is 841. The Hall–Kier alpha value is -1.88. The second-order valence-corrected chi connectivity index (χ2v) is 9.71. The van der Waals surface area contributed by atoms with E-state index >= 15 is 0 Å². The predicted molar refractivity (Wildman–Crippen MR) is 103 cm³/mol. The Balaban J connectivity index is 1.78. The first-order valence-electron chi connectivity index (χ1n) is 8.70. The van der Waals surface area contributed by atoms with Crippen LogP contribution in [0.4, 0.5) is 4.79 Å². The van der Waals surface area contributed by atoms with Gasteiger partial charge in [0.15, 0.2) is 10.2 Å². The number of carbonyl (C=O) groups excluding carboxylic acids is 2. The summed E-state index contributed by atoms with van der Waals surface area (Å²) in [6.45, 7) is 6.18. The Morgan fingerprint density at radius 1 is 1.33 bits per heavy atom. The van der Waals surface area contributed by atoms with Gasteiger partial charge in [0.05, 0.1) is 11.8 Å². The number of rotatable bonds is 4. The Morgan fingerprint density at radius 2 is 2.07 bits per heavy atom. The number of likely N-dealkylation sites (tertiary alicyclic amines) is 1. The van der Waals surface area contributed by atoms with Gasteiger partial charge in [-0.25, -0.2) is 4.79 Å². The first-order valence-corrected chi connectivity index (χ1v) is 10.5. The molecule has 0 bridgehead atoms. The SMILES string of the molecule is CN(C)C(=O)CSc1nn2c(C3CCCN3C(=O)OC(C)(C)C)nnc2s1. The second kappa shape index (κ2) is 7.63. The molecule has 0 aliphatic carbocycles. The molecule has 0 saturated carbocycles. The molecule has 2 aromatic rings. The number of thioether (sulfide) groups is 1. The monoisotopic (exact) mass is 412 g/mol. The lowest BCUT2D eigenvalue weighted by Gasteiger charge is -2.27. The summed E-state index contributed by atoms with van der Waals surface area (Å²) in [4.78, 5) is 28.2. The van der Waals surface area contributed by atoms with E-state index in [0.717, 1.165) is 17.2 Å². The van der Waals surface area contributed by atoms with Gasteiger partial charge in [-0.2, -0.15) is 4.52 Å². The normalized spacial score (nSPS) is 17.5. The lowest BCUT2D eigenvalue weighted by Crippen LogP contribution is -2.37. The van der Waals surface area contributed by atoms with Crippen LogP contribution in [0.15, 0.2) is 4.34 Å². The Kier molecular flexibility index (Phi) is 5.61. The summed E-state index contributed by atoms with van der Waals surface area (Å²) in [6, 6.07) is -0.210. The van der Waals surface area contributed by atoms with E-state index in [0.29, 0.717) is 23.1 Å². The fourth-order valence-corrected chi connectivity index (χ4v) is 4.57. The van der Waals surface area contributed by atoms with Crippen LogP contribution >= 0.6 is 23.1 Å². The standard InChI is InChI=1S/C16H24N6O3S2/c1-16(2,3)25-15(24)21-8-6-7-10(21)12-17-18-13-22(12)19-14(27-13)26-9-11(23)20(4)5/h10H,6-9H2,1-5H3. The molecule has 3 rings (SSSR count). The number of hydrogen-bond acceptors (Lipinski definition) is 8. The van der Waals surface area contributed by atoms with Gasteiger partial charge in [0.1, 0.15) is 5.60 Å². The largest absolute Gasteiger partial charge is 0.444 e. The van der Waals surface area contributed by atoms with Gasteiger partial charge in [0, 0.05) is 20.6 Å². The first-order chi connectivity index (χ1) is 12.7. The molecule has 1 aliphatic heterocycles. The van der Waals surface area contributed by atoms with Crippen LogP contribution in [0.1, 0.15) is 45.5 Å². The molecule has 0 N–H and O–H groups in total. The van der Waals surface area contributed by atoms with Gasteiger partial charge in [-0.05, 0) is 33.6 Å². The summed E-state index contributed by atoms with van der Waals surface area (Å²) in [7, 11) is 3.45. The van der Waals surface area contributed by atoms with Crippen molar-refractivity contribution >= 4 is 40.1 Å². The molecule has 148 valence electrons. The molecule has 11 heteroatoms. The van der Waals surface area contributed by atoms with Crippen LogP contribution in [-0.4, -0.2) is 73.6 Å². The third-order valence-corrected chi connectivity index (χ3v) is 6.01. The number of fused-ring (bicyclic) bond motifs is 1. The molecule has 1 atom stereocenters. The van der Waals surface area contributed by atoms with Gasteiger partial charge in [-0.1, -0.05) is 23.1 Å². The van der Waals surface area contributed by atoms with E-state index in [1.165, 1.54) is 23.1 Å². The molecule has 0 spiro atoms. The van der Waals surface area contributed by atoms with Crippen molar-refractivity contribution in [2.24, 2.45) is 0 Å². The fraction of sp³-hybridized carbons (Fsp3) is 0.688. The predicted octanol–water partition coefficient (Wildman–Crippen LogP) is 2.44. The van der Waals surface area contributed by atoms with E-state index in [2.05, 4.69) is 15.3 Å². The molecule has 1 saturated heterocycles. The number of hydrogen-bond donors (Lipinski definition) is 0. The van der Waals surface area contributed by atoms with E-state index < -0.39 is 5.60 Å². The molecule has 1 aliphatic rings. The van der Waals surface area contributed by atoms with Crippen molar-refractivity contribution in [3.63, 3.8) is 0 Å². The van der Waals surface area contributed by atoms with E-state index in [1.54, 1.807) is 28.4 Å². The maximum atomic E-state index is 12.5. The van der Waals surface area contributed by atoms with Gasteiger partial charge >= 0.3 is 6.09 Å². The smallest absolute Gasteiger partial charge is 0.410 e. The van der Waals surface area contributed by atoms with Crippen molar-refractivity contribution in [2.75, 3.05) is 26.4 Å². The van der Waals surface area contributed by atoms with Gasteiger partial charge in [0.2, 0.25) is 10.9 Å². The summed E-state index contributed by atoms with van der Waals surface area (Å²) >= 11 is 2.76. The molecular formula is C16H24N6O3S2. The summed E-state index contributed by atoms with van der Waals surface area (Å²) in [5.74, 6) is 0.980. The summed E-state index contributed by atoms with van der Waals surface area (Å²) in [5.41, 5.74) is -0.548. The molecule has 0 aromatic carbocycles.